The molecule has 0 fully saturated rings. The van der Waals surface area contributed by atoms with Crippen LogP contribution in [-0.2, 0) is 6.54 Å². The van der Waals surface area contributed by atoms with E-state index >= 15 is 0 Å². The normalized spacial score (nSPS) is 13.0. The fourth-order valence-electron chi connectivity index (χ4n) is 3.80. The van der Waals surface area contributed by atoms with E-state index in [1.54, 1.807) is 6.07 Å². The van der Waals surface area contributed by atoms with Crippen molar-refractivity contribution in [2.24, 2.45) is 0 Å². The van der Waals surface area contributed by atoms with Gasteiger partial charge in [0.05, 0.1) is 17.4 Å². The molecule has 1 heterocycles. The molecule has 0 radical (unpaired) electrons. The molecule has 4 nitrogen and oxygen atoms in total. The van der Waals surface area contributed by atoms with Gasteiger partial charge >= 0.3 is 0 Å². The Kier molecular flexibility index (Phi) is 3.67. The first-order valence-electron chi connectivity index (χ1n) is 9.04. The van der Waals surface area contributed by atoms with Crippen LogP contribution in [0.5, 0.6) is 0 Å². The van der Waals surface area contributed by atoms with Crippen molar-refractivity contribution in [3.05, 3.63) is 107 Å². The van der Waals surface area contributed by atoms with E-state index in [9.17, 15) is 10.1 Å². The highest BCUT2D eigenvalue weighted by Gasteiger charge is 2.30. The molecular formula is C24H15N3O. The summed E-state index contributed by atoms with van der Waals surface area (Å²) in [6.07, 6.45) is 1.85. The molecule has 0 amide bonds. The smallest absolute Gasteiger partial charge is 0.204 e. The lowest BCUT2D eigenvalue weighted by Crippen LogP contribution is -1.98. The number of hydrogen-bond acceptors (Lipinski definition) is 3. The van der Waals surface area contributed by atoms with Gasteiger partial charge in [0, 0.05) is 17.7 Å². The topological polar surface area (TPSA) is 58.7 Å². The van der Waals surface area contributed by atoms with Gasteiger partial charge in [-0.05, 0) is 28.8 Å². The number of fused-ring (bicyclic) bond motifs is 2. The molecule has 0 atom stereocenters. The lowest BCUT2D eigenvalue weighted by atomic mass is 9.97. The Morgan fingerprint density at radius 2 is 1.61 bits per heavy atom. The molecule has 28 heavy (non-hydrogen) atoms. The van der Waals surface area contributed by atoms with E-state index in [4.69, 9.17) is 0 Å². The first kappa shape index (κ1) is 16.2. The number of aromatic nitrogens is 2. The van der Waals surface area contributed by atoms with Crippen LogP contribution in [0.25, 0.3) is 16.6 Å². The summed E-state index contributed by atoms with van der Waals surface area (Å²) in [6.45, 7) is 0.709. The second kappa shape index (κ2) is 6.33. The van der Waals surface area contributed by atoms with Crippen LogP contribution in [0.15, 0.2) is 84.7 Å². The zero-order valence-corrected chi connectivity index (χ0v) is 15.0. The molecule has 0 bridgehead atoms. The summed E-state index contributed by atoms with van der Waals surface area (Å²) >= 11 is 0. The molecular weight excluding hydrogens is 346 g/mol. The number of imidazole rings is 1. The minimum absolute atomic E-state index is 0.193. The fourth-order valence-corrected chi connectivity index (χ4v) is 3.80. The van der Waals surface area contributed by atoms with Crippen molar-refractivity contribution in [3.63, 3.8) is 0 Å². The Bertz CT molecular complexity index is 1300. The second-order valence-electron chi connectivity index (χ2n) is 6.79. The van der Waals surface area contributed by atoms with Crippen LogP contribution in [-0.4, -0.2) is 15.3 Å². The Morgan fingerprint density at radius 1 is 0.893 bits per heavy atom. The number of nitrogens with zero attached hydrogens (tertiary/aromatic N) is 3. The van der Waals surface area contributed by atoms with Crippen molar-refractivity contribution in [1.29, 1.82) is 5.26 Å². The largest absolute Gasteiger partial charge is 0.326 e. The van der Waals surface area contributed by atoms with Gasteiger partial charge in [-0.3, -0.25) is 4.79 Å². The lowest BCUT2D eigenvalue weighted by molar-refractivity contribution is 0.104. The molecule has 0 spiro atoms. The number of para-hydroxylation sites is 2. The van der Waals surface area contributed by atoms with Crippen LogP contribution in [0.2, 0.25) is 0 Å². The summed E-state index contributed by atoms with van der Waals surface area (Å²) in [6, 6.07) is 25.6. The van der Waals surface area contributed by atoms with Crippen LogP contribution in [0.1, 0.15) is 27.0 Å². The van der Waals surface area contributed by atoms with Crippen LogP contribution < -0.4 is 0 Å². The minimum atomic E-state index is -0.193. The summed E-state index contributed by atoms with van der Waals surface area (Å²) in [5.74, 6) is -0.193. The third kappa shape index (κ3) is 2.45. The minimum Gasteiger partial charge on any atom is -0.326 e. The van der Waals surface area contributed by atoms with Crippen molar-refractivity contribution in [2.75, 3.05) is 0 Å². The van der Waals surface area contributed by atoms with Crippen molar-refractivity contribution in [3.8, 4) is 6.07 Å². The van der Waals surface area contributed by atoms with Crippen LogP contribution in [0, 0.1) is 11.3 Å². The Balaban J connectivity index is 1.51. The highest BCUT2D eigenvalue weighted by molar-refractivity contribution is 6.25. The molecule has 0 unspecified atom stereocenters. The summed E-state index contributed by atoms with van der Waals surface area (Å²) in [7, 11) is 0. The van der Waals surface area contributed by atoms with E-state index in [0.29, 0.717) is 12.1 Å². The Labute approximate surface area is 162 Å². The third-order valence-corrected chi connectivity index (χ3v) is 5.15. The number of allylic oxidation sites excluding steroid dienone is 1. The molecule has 3 aromatic carbocycles. The summed E-state index contributed by atoms with van der Waals surface area (Å²) < 4.78 is 2.11. The molecule has 4 aromatic rings. The molecule has 1 aliphatic carbocycles. The molecule has 0 saturated carbocycles. The predicted molar refractivity (Wildman–Crippen MR) is 108 cm³/mol. The number of ketones is 1. The maximum atomic E-state index is 12.5. The average molecular weight is 361 g/mol. The van der Waals surface area contributed by atoms with Crippen LogP contribution in [0.3, 0.4) is 0 Å². The number of rotatable bonds is 3. The number of nitriles is 1. The third-order valence-electron chi connectivity index (χ3n) is 5.15. The number of carbonyl (C=O) groups excluding carboxylic acids is 1. The number of benzene rings is 3. The molecule has 0 aliphatic heterocycles. The van der Waals surface area contributed by atoms with Crippen molar-refractivity contribution >= 4 is 22.4 Å². The first-order valence-corrected chi connectivity index (χ1v) is 9.04. The van der Waals surface area contributed by atoms with Gasteiger partial charge in [-0.1, -0.05) is 60.7 Å². The average Bonchev–Trinajstić information content (AvgIpc) is 3.28. The van der Waals surface area contributed by atoms with E-state index in [1.807, 2.05) is 67.0 Å². The second-order valence-corrected chi connectivity index (χ2v) is 6.79. The molecule has 0 N–H and O–H groups in total. The van der Waals surface area contributed by atoms with Crippen molar-refractivity contribution in [1.82, 2.24) is 9.55 Å². The summed E-state index contributed by atoms with van der Waals surface area (Å²) in [5.41, 5.74) is 6.45. The zero-order chi connectivity index (χ0) is 19.1. The maximum Gasteiger partial charge on any atom is 0.204 e. The van der Waals surface area contributed by atoms with E-state index in [1.165, 1.54) is 0 Å². The van der Waals surface area contributed by atoms with Gasteiger partial charge in [0.1, 0.15) is 11.6 Å². The summed E-state index contributed by atoms with van der Waals surface area (Å²) in [4.78, 5) is 17.0. The van der Waals surface area contributed by atoms with E-state index < -0.39 is 0 Å². The predicted octanol–water partition coefficient (Wildman–Crippen LogP) is 4.61. The molecule has 1 aromatic heterocycles. The molecule has 1 aliphatic rings. The van der Waals surface area contributed by atoms with Gasteiger partial charge in [-0.15, -0.1) is 0 Å². The van der Waals surface area contributed by atoms with Gasteiger partial charge in [0.2, 0.25) is 5.78 Å². The Hall–Kier alpha value is -3.97. The standard InChI is InChI=1S/C24H15N3O/c25-13-20-23(18-5-1-2-6-19(18)24(20)28)17-11-9-16(10-12-17)14-27-15-26-21-7-3-4-8-22(21)27/h1-12,15H,14H2. The quantitative estimate of drug-likeness (QED) is 0.535. The number of Topliss-reactive ketones (excluding diaryl/α,β-unsaturated/α-hetero) is 1. The Morgan fingerprint density at radius 3 is 2.39 bits per heavy atom. The number of hydrogen-bond donors (Lipinski definition) is 0. The fraction of sp³-hybridized carbons (Fsp3) is 0.0417. The molecule has 132 valence electrons. The van der Waals surface area contributed by atoms with Gasteiger partial charge in [-0.25, -0.2) is 4.98 Å². The van der Waals surface area contributed by atoms with Gasteiger partial charge in [0.15, 0.2) is 0 Å². The zero-order valence-electron chi connectivity index (χ0n) is 15.0. The van der Waals surface area contributed by atoms with Gasteiger partial charge in [-0.2, -0.15) is 5.26 Å². The highest BCUT2D eigenvalue weighted by Crippen LogP contribution is 2.37. The first-order chi connectivity index (χ1) is 13.8. The van der Waals surface area contributed by atoms with Gasteiger partial charge in [0.25, 0.3) is 0 Å². The van der Waals surface area contributed by atoms with Crippen LogP contribution >= 0.6 is 0 Å². The van der Waals surface area contributed by atoms with Crippen molar-refractivity contribution < 1.29 is 4.79 Å². The maximum absolute atomic E-state index is 12.5. The van der Waals surface area contributed by atoms with E-state index in [-0.39, 0.29) is 11.4 Å². The van der Waals surface area contributed by atoms with E-state index in [0.717, 1.165) is 33.3 Å². The monoisotopic (exact) mass is 361 g/mol. The number of carbonyl (C=O) groups is 1. The van der Waals surface area contributed by atoms with E-state index in [2.05, 4.69) is 21.7 Å². The SMILES string of the molecule is N#CC1=C(c2ccc(Cn3cnc4ccccc43)cc2)c2ccccc2C1=O. The molecule has 0 saturated heterocycles. The summed E-state index contributed by atoms with van der Waals surface area (Å²) in [5, 5.41) is 9.53. The van der Waals surface area contributed by atoms with Gasteiger partial charge < -0.3 is 4.57 Å². The molecule has 5 rings (SSSR count). The van der Waals surface area contributed by atoms with Crippen molar-refractivity contribution in [2.45, 2.75) is 6.54 Å². The molecule has 4 heteroatoms. The lowest BCUT2D eigenvalue weighted by Gasteiger charge is -2.08. The highest BCUT2D eigenvalue weighted by atomic mass is 16.1. The van der Waals surface area contributed by atoms with Crippen LogP contribution in [0.4, 0.5) is 0 Å².